The van der Waals surface area contributed by atoms with E-state index in [1.807, 2.05) is 0 Å². The topological polar surface area (TPSA) is 77.3 Å². The van der Waals surface area contributed by atoms with E-state index in [0.717, 1.165) is 25.1 Å². The lowest BCUT2D eigenvalue weighted by Gasteiger charge is -2.23. The molecule has 1 aliphatic heterocycles. The SMILES string of the molecule is CC1(CNc2ccc([N+](=O)[O-])nc2)CCCO1. The number of pyridine rings is 1. The second kappa shape index (κ2) is 4.67. The molecule has 1 aromatic heterocycles. The van der Waals surface area contributed by atoms with Crippen molar-refractivity contribution in [1.29, 1.82) is 0 Å². The van der Waals surface area contributed by atoms with Crippen LogP contribution in [0.4, 0.5) is 11.5 Å². The van der Waals surface area contributed by atoms with Crippen molar-refractivity contribution < 1.29 is 9.66 Å². The van der Waals surface area contributed by atoms with Gasteiger partial charge in [-0.25, -0.2) is 0 Å². The van der Waals surface area contributed by atoms with Crippen LogP contribution in [0.15, 0.2) is 18.3 Å². The Morgan fingerprint density at radius 1 is 1.65 bits per heavy atom. The molecule has 1 atom stereocenters. The third-order valence-electron chi connectivity index (χ3n) is 2.90. The lowest BCUT2D eigenvalue weighted by atomic mass is 10.0. The van der Waals surface area contributed by atoms with Crippen molar-refractivity contribution in [3.05, 3.63) is 28.4 Å². The molecule has 0 saturated carbocycles. The van der Waals surface area contributed by atoms with E-state index in [0.29, 0.717) is 6.54 Å². The molecule has 0 aliphatic carbocycles. The van der Waals surface area contributed by atoms with Crippen molar-refractivity contribution in [3.63, 3.8) is 0 Å². The number of nitro groups is 1. The monoisotopic (exact) mass is 237 g/mol. The van der Waals surface area contributed by atoms with Gasteiger partial charge in [-0.2, -0.15) is 0 Å². The molecule has 0 aromatic carbocycles. The lowest BCUT2D eigenvalue weighted by molar-refractivity contribution is -0.389. The van der Waals surface area contributed by atoms with Crippen LogP contribution in [0.3, 0.4) is 0 Å². The van der Waals surface area contributed by atoms with E-state index in [9.17, 15) is 10.1 Å². The first-order valence-corrected chi connectivity index (χ1v) is 5.57. The average Bonchev–Trinajstić information content (AvgIpc) is 2.75. The number of nitrogens with one attached hydrogen (secondary N) is 1. The number of anilines is 1. The van der Waals surface area contributed by atoms with Crippen LogP contribution < -0.4 is 5.32 Å². The summed E-state index contributed by atoms with van der Waals surface area (Å²) in [5.74, 6) is -0.140. The molecule has 2 rings (SSSR count). The summed E-state index contributed by atoms with van der Waals surface area (Å²) < 4.78 is 5.63. The summed E-state index contributed by atoms with van der Waals surface area (Å²) in [6.07, 6.45) is 3.58. The predicted octanol–water partition coefficient (Wildman–Crippen LogP) is 1.97. The summed E-state index contributed by atoms with van der Waals surface area (Å²) in [6, 6.07) is 3.05. The zero-order valence-corrected chi connectivity index (χ0v) is 9.68. The average molecular weight is 237 g/mol. The first kappa shape index (κ1) is 11.8. The third-order valence-corrected chi connectivity index (χ3v) is 2.90. The minimum Gasteiger partial charge on any atom is -0.379 e. The highest BCUT2D eigenvalue weighted by molar-refractivity contribution is 5.43. The van der Waals surface area contributed by atoms with Crippen LogP contribution in [0.1, 0.15) is 19.8 Å². The highest BCUT2D eigenvalue weighted by atomic mass is 16.6. The second-order valence-electron chi connectivity index (χ2n) is 4.42. The molecular formula is C11H15N3O3. The van der Waals surface area contributed by atoms with Crippen LogP contribution in [-0.2, 0) is 4.74 Å². The molecule has 1 aromatic rings. The van der Waals surface area contributed by atoms with Crippen molar-refractivity contribution in [2.45, 2.75) is 25.4 Å². The smallest absolute Gasteiger partial charge is 0.363 e. The van der Waals surface area contributed by atoms with Gasteiger partial charge in [0.05, 0.1) is 11.3 Å². The number of hydrogen-bond acceptors (Lipinski definition) is 5. The minimum atomic E-state index is -0.509. The Bertz CT molecular complexity index is 399. The van der Waals surface area contributed by atoms with E-state index in [4.69, 9.17) is 4.74 Å². The predicted molar refractivity (Wildman–Crippen MR) is 63.0 cm³/mol. The molecule has 2 heterocycles. The van der Waals surface area contributed by atoms with Gasteiger partial charge in [-0.3, -0.25) is 0 Å². The number of rotatable bonds is 4. The molecule has 1 fully saturated rings. The van der Waals surface area contributed by atoms with Gasteiger partial charge in [0.25, 0.3) is 0 Å². The van der Waals surface area contributed by atoms with Crippen LogP contribution in [0.25, 0.3) is 0 Å². The molecule has 1 aliphatic rings. The molecule has 0 spiro atoms. The molecule has 0 bridgehead atoms. The van der Waals surface area contributed by atoms with Crippen LogP contribution in [0.2, 0.25) is 0 Å². The van der Waals surface area contributed by atoms with Crippen molar-refractivity contribution in [1.82, 2.24) is 4.98 Å². The number of nitrogens with zero attached hydrogens (tertiary/aromatic N) is 2. The lowest BCUT2D eigenvalue weighted by Crippen LogP contribution is -2.32. The van der Waals surface area contributed by atoms with E-state index in [1.54, 1.807) is 6.07 Å². The van der Waals surface area contributed by atoms with Crippen LogP contribution in [-0.4, -0.2) is 28.7 Å². The van der Waals surface area contributed by atoms with Crippen LogP contribution in [0, 0.1) is 10.1 Å². The Labute approximate surface area is 99.2 Å². The molecule has 1 saturated heterocycles. The van der Waals surface area contributed by atoms with E-state index >= 15 is 0 Å². The Balaban J connectivity index is 1.93. The van der Waals surface area contributed by atoms with Crippen molar-refractivity contribution in [3.8, 4) is 0 Å². The van der Waals surface area contributed by atoms with Gasteiger partial charge in [0.1, 0.15) is 0 Å². The first-order chi connectivity index (χ1) is 8.09. The fourth-order valence-electron chi connectivity index (χ4n) is 1.86. The summed E-state index contributed by atoms with van der Waals surface area (Å²) >= 11 is 0. The van der Waals surface area contributed by atoms with Gasteiger partial charge < -0.3 is 20.2 Å². The molecule has 0 amide bonds. The molecule has 0 radical (unpaired) electrons. The second-order valence-corrected chi connectivity index (χ2v) is 4.42. The van der Waals surface area contributed by atoms with E-state index < -0.39 is 4.92 Å². The number of hydrogen-bond donors (Lipinski definition) is 1. The quantitative estimate of drug-likeness (QED) is 0.640. The largest absolute Gasteiger partial charge is 0.379 e. The van der Waals surface area contributed by atoms with E-state index in [1.165, 1.54) is 12.3 Å². The Morgan fingerprint density at radius 2 is 2.47 bits per heavy atom. The Hall–Kier alpha value is -1.69. The van der Waals surface area contributed by atoms with Gasteiger partial charge in [-0.05, 0) is 35.7 Å². The summed E-state index contributed by atoms with van der Waals surface area (Å²) in [7, 11) is 0. The summed E-state index contributed by atoms with van der Waals surface area (Å²) in [5, 5.41) is 13.6. The molecule has 6 heteroatoms. The fourth-order valence-corrected chi connectivity index (χ4v) is 1.86. The summed E-state index contributed by atoms with van der Waals surface area (Å²) in [5.41, 5.74) is 0.634. The van der Waals surface area contributed by atoms with Crippen molar-refractivity contribution in [2.24, 2.45) is 0 Å². The van der Waals surface area contributed by atoms with Gasteiger partial charge >= 0.3 is 5.82 Å². The van der Waals surface area contributed by atoms with Gasteiger partial charge in [0, 0.05) is 19.2 Å². The zero-order valence-electron chi connectivity index (χ0n) is 9.68. The van der Waals surface area contributed by atoms with E-state index in [2.05, 4.69) is 17.2 Å². The van der Waals surface area contributed by atoms with Gasteiger partial charge in [-0.1, -0.05) is 0 Å². The molecular weight excluding hydrogens is 222 g/mol. The maximum atomic E-state index is 10.4. The van der Waals surface area contributed by atoms with Crippen LogP contribution in [0.5, 0.6) is 0 Å². The molecule has 1 N–H and O–H groups in total. The highest BCUT2D eigenvalue weighted by Crippen LogP contribution is 2.25. The number of ether oxygens (including phenoxy) is 1. The Morgan fingerprint density at radius 3 is 3.00 bits per heavy atom. The summed E-state index contributed by atoms with van der Waals surface area (Å²) in [6.45, 7) is 3.55. The normalized spacial score (nSPS) is 23.6. The standard InChI is InChI=1S/C11H15N3O3/c1-11(5-2-6-17-11)8-13-9-3-4-10(12-7-9)14(15)16/h3-4,7,13H,2,5-6,8H2,1H3. The zero-order chi connectivity index (χ0) is 12.3. The van der Waals surface area contributed by atoms with Gasteiger partial charge in [-0.15, -0.1) is 0 Å². The minimum absolute atomic E-state index is 0.137. The highest BCUT2D eigenvalue weighted by Gasteiger charge is 2.29. The Kier molecular flexibility index (Phi) is 3.23. The first-order valence-electron chi connectivity index (χ1n) is 5.57. The van der Waals surface area contributed by atoms with Crippen LogP contribution >= 0.6 is 0 Å². The third kappa shape index (κ3) is 2.91. The molecule has 17 heavy (non-hydrogen) atoms. The van der Waals surface area contributed by atoms with E-state index in [-0.39, 0.29) is 11.4 Å². The summed E-state index contributed by atoms with van der Waals surface area (Å²) in [4.78, 5) is 13.7. The maximum Gasteiger partial charge on any atom is 0.363 e. The molecule has 6 nitrogen and oxygen atoms in total. The van der Waals surface area contributed by atoms with Crippen molar-refractivity contribution in [2.75, 3.05) is 18.5 Å². The molecule has 92 valence electrons. The van der Waals surface area contributed by atoms with Gasteiger partial charge in [0.2, 0.25) is 0 Å². The fraction of sp³-hybridized carbons (Fsp3) is 0.545. The maximum absolute atomic E-state index is 10.4. The number of aromatic nitrogens is 1. The van der Waals surface area contributed by atoms with Gasteiger partial charge in [0.15, 0.2) is 6.20 Å². The molecule has 1 unspecified atom stereocenters. The van der Waals surface area contributed by atoms with Crippen molar-refractivity contribution >= 4 is 11.5 Å².